The van der Waals surface area contributed by atoms with Crippen molar-refractivity contribution in [2.45, 2.75) is 24.2 Å². The zero-order valence-electron chi connectivity index (χ0n) is 11.6. The number of anilines is 1. The Balaban J connectivity index is 1.93. The first-order valence-electron chi connectivity index (χ1n) is 6.44. The van der Waals surface area contributed by atoms with E-state index in [-0.39, 0.29) is 18.2 Å². The molecule has 0 radical (unpaired) electrons. The Bertz CT molecular complexity index is 554. The van der Waals surface area contributed by atoms with Gasteiger partial charge < -0.3 is 9.64 Å². The number of ketones is 1. The molecule has 1 aromatic carbocycles. The average Bonchev–Trinajstić information content (AvgIpc) is 2.75. The molecular formula is C15H17NO3S. The summed E-state index contributed by atoms with van der Waals surface area (Å²) in [6.45, 7) is 0. The maximum Gasteiger partial charge on any atom is 0.305 e. The van der Waals surface area contributed by atoms with Gasteiger partial charge in [0.1, 0.15) is 0 Å². The fourth-order valence-corrected chi connectivity index (χ4v) is 3.07. The summed E-state index contributed by atoms with van der Waals surface area (Å²) in [6.07, 6.45) is 2.83. The minimum atomic E-state index is -0.273. The lowest BCUT2D eigenvalue weighted by Gasteiger charge is -2.12. The third kappa shape index (κ3) is 3.42. The number of benzene rings is 1. The van der Waals surface area contributed by atoms with Gasteiger partial charge in [-0.3, -0.25) is 9.59 Å². The molecule has 0 aliphatic carbocycles. The molecule has 0 amide bonds. The molecule has 1 aliphatic rings. The maximum atomic E-state index is 11.9. The highest BCUT2D eigenvalue weighted by Gasteiger charge is 2.21. The van der Waals surface area contributed by atoms with Gasteiger partial charge in [0.25, 0.3) is 0 Å². The van der Waals surface area contributed by atoms with Gasteiger partial charge in [-0.15, -0.1) is 0 Å². The molecule has 0 N–H and O–H groups in total. The summed E-state index contributed by atoms with van der Waals surface area (Å²) in [4.78, 5) is 26.0. The molecule has 0 aromatic heterocycles. The highest BCUT2D eigenvalue weighted by atomic mass is 32.2. The van der Waals surface area contributed by atoms with Crippen LogP contribution < -0.4 is 4.90 Å². The van der Waals surface area contributed by atoms with E-state index in [1.54, 1.807) is 17.8 Å². The molecule has 106 valence electrons. The predicted octanol–water partition coefficient (Wildman–Crippen LogP) is 2.98. The Morgan fingerprint density at radius 1 is 1.30 bits per heavy atom. The van der Waals surface area contributed by atoms with E-state index in [0.717, 1.165) is 15.6 Å². The summed E-state index contributed by atoms with van der Waals surface area (Å²) in [7, 11) is 3.31. The van der Waals surface area contributed by atoms with Gasteiger partial charge in [-0.05, 0) is 18.6 Å². The van der Waals surface area contributed by atoms with Crippen molar-refractivity contribution in [3.05, 3.63) is 35.4 Å². The first kappa shape index (κ1) is 14.7. The fourth-order valence-electron chi connectivity index (χ4n) is 1.97. The minimum absolute atomic E-state index is 0.0380. The Hall–Kier alpha value is -1.75. The van der Waals surface area contributed by atoms with Crippen LogP contribution in [-0.4, -0.2) is 25.9 Å². The summed E-state index contributed by atoms with van der Waals surface area (Å²) in [5, 5.41) is 0.925. The number of ether oxygens (including phenoxy) is 1. The van der Waals surface area contributed by atoms with Crippen LogP contribution in [0.2, 0.25) is 0 Å². The molecule has 0 fully saturated rings. The molecule has 0 bridgehead atoms. The molecule has 1 aliphatic heterocycles. The predicted molar refractivity (Wildman–Crippen MR) is 79.7 cm³/mol. The number of allylic oxidation sites excluding steroid dienone is 1. The normalized spacial score (nSPS) is 15.3. The standard InChI is InChI=1S/C15H17NO3S/c1-16-12-7-3-4-8-13(12)20-14(16)10-11(17)6-5-9-15(18)19-2/h3-4,7-8,10H,5-6,9H2,1-2H3. The van der Waals surface area contributed by atoms with Crippen molar-refractivity contribution >= 4 is 29.2 Å². The maximum absolute atomic E-state index is 11.9. The van der Waals surface area contributed by atoms with E-state index in [1.807, 2.05) is 36.2 Å². The number of fused-ring (bicyclic) bond motifs is 1. The molecule has 0 atom stereocenters. The lowest BCUT2D eigenvalue weighted by molar-refractivity contribution is -0.140. The Morgan fingerprint density at radius 2 is 2.05 bits per heavy atom. The molecule has 1 heterocycles. The topological polar surface area (TPSA) is 46.6 Å². The van der Waals surface area contributed by atoms with Crippen LogP contribution in [0.5, 0.6) is 0 Å². The van der Waals surface area contributed by atoms with Crippen LogP contribution in [0.1, 0.15) is 19.3 Å². The molecule has 0 saturated carbocycles. The van der Waals surface area contributed by atoms with Crippen molar-refractivity contribution in [2.75, 3.05) is 19.1 Å². The van der Waals surface area contributed by atoms with E-state index in [2.05, 4.69) is 4.74 Å². The number of hydrogen-bond donors (Lipinski definition) is 0. The number of esters is 1. The van der Waals surface area contributed by atoms with Crippen molar-refractivity contribution in [3.63, 3.8) is 0 Å². The number of carbonyl (C=O) groups excluding carboxylic acids is 2. The molecular weight excluding hydrogens is 274 g/mol. The summed E-state index contributed by atoms with van der Waals surface area (Å²) in [6, 6.07) is 8.04. The molecule has 0 saturated heterocycles. The lowest BCUT2D eigenvalue weighted by atomic mass is 10.2. The first-order valence-corrected chi connectivity index (χ1v) is 7.25. The largest absolute Gasteiger partial charge is 0.469 e. The quantitative estimate of drug-likeness (QED) is 0.616. The number of hydrogen-bond acceptors (Lipinski definition) is 5. The SMILES string of the molecule is COC(=O)CCCC(=O)C=C1Sc2ccccc2N1C. The van der Waals surface area contributed by atoms with Gasteiger partial charge in [-0.1, -0.05) is 23.9 Å². The minimum Gasteiger partial charge on any atom is -0.469 e. The number of methoxy groups -OCH3 is 1. The van der Waals surface area contributed by atoms with E-state index in [9.17, 15) is 9.59 Å². The van der Waals surface area contributed by atoms with Gasteiger partial charge in [0.05, 0.1) is 17.8 Å². The van der Waals surface area contributed by atoms with Crippen molar-refractivity contribution in [3.8, 4) is 0 Å². The van der Waals surface area contributed by atoms with E-state index >= 15 is 0 Å². The van der Waals surface area contributed by atoms with Gasteiger partial charge in [0.2, 0.25) is 0 Å². The van der Waals surface area contributed by atoms with Gasteiger partial charge in [-0.25, -0.2) is 0 Å². The van der Waals surface area contributed by atoms with Crippen molar-refractivity contribution in [2.24, 2.45) is 0 Å². The van der Waals surface area contributed by atoms with Crippen molar-refractivity contribution < 1.29 is 14.3 Å². The molecule has 20 heavy (non-hydrogen) atoms. The second-order valence-corrected chi connectivity index (χ2v) is 5.57. The van der Waals surface area contributed by atoms with E-state index in [4.69, 9.17) is 0 Å². The second-order valence-electron chi connectivity index (χ2n) is 4.51. The summed E-state index contributed by atoms with van der Waals surface area (Å²) >= 11 is 1.59. The van der Waals surface area contributed by atoms with E-state index in [0.29, 0.717) is 12.8 Å². The van der Waals surface area contributed by atoms with Crippen LogP contribution in [0, 0.1) is 0 Å². The monoisotopic (exact) mass is 291 g/mol. The van der Waals surface area contributed by atoms with Crippen LogP contribution in [0.4, 0.5) is 5.69 Å². The summed E-state index contributed by atoms with van der Waals surface area (Å²) < 4.78 is 4.55. The van der Waals surface area contributed by atoms with Crippen molar-refractivity contribution in [1.82, 2.24) is 0 Å². The third-order valence-corrected chi connectivity index (χ3v) is 4.25. The van der Waals surface area contributed by atoms with Crippen LogP contribution >= 0.6 is 11.8 Å². The summed E-state index contributed by atoms with van der Waals surface area (Å²) in [5.41, 5.74) is 1.12. The van der Waals surface area contributed by atoms with Crippen LogP contribution in [-0.2, 0) is 14.3 Å². The van der Waals surface area contributed by atoms with Crippen LogP contribution in [0.3, 0.4) is 0 Å². The molecule has 1 aromatic rings. The fraction of sp³-hybridized carbons (Fsp3) is 0.333. The smallest absolute Gasteiger partial charge is 0.305 e. The van der Waals surface area contributed by atoms with Gasteiger partial charge in [-0.2, -0.15) is 0 Å². The number of rotatable bonds is 5. The zero-order chi connectivity index (χ0) is 14.5. The van der Waals surface area contributed by atoms with E-state index < -0.39 is 0 Å². The summed E-state index contributed by atoms with van der Waals surface area (Å²) in [5.74, 6) is -0.235. The Kier molecular flexibility index (Phi) is 4.84. The number of nitrogens with zero attached hydrogens (tertiary/aromatic N) is 1. The lowest BCUT2D eigenvalue weighted by Crippen LogP contribution is -2.11. The first-order chi connectivity index (χ1) is 9.61. The van der Waals surface area contributed by atoms with E-state index in [1.165, 1.54) is 7.11 Å². The number of carbonyl (C=O) groups is 2. The Labute approximate surface area is 122 Å². The number of para-hydroxylation sites is 1. The molecule has 5 heteroatoms. The molecule has 0 spiro atoms. The molecule has 2 rings (SSSR count). The second kappa shape index (κ2) is 6.61. The highest BCUT2D eigenvalue weighted by Crippen LogP contribution is 2.44. The third-order valence-electron chi connectivity index (χ3n) is 3.09. The number of thioether (sulfide) groups is 1. The van der Waals surface area contributed by atoms with Crippen molar-refractivity contribution in [1.29, 1.82) is 0 Å². The van der Waals surface area contributed by atoms with Gasteiger partial charge in [0, 0.05) is 30.9 Å². The zero-order valence-corrected chi connectivity index (χ0v) is 12.4. The van der Waals surface area contributed by atoms with Crippen LogP contribution in [0.15, 0.2) is 40.3 Å². The van der Waals surface area contributed by atoms with Crippen LogP contribution in [0.25, 0.3) is 0 Å². The Morgan fingerprint density at radius 3 is 2.75 bits per heavy atom. The van der Waals surface area contributed by atoms with Gasteiger partial charge >= 0.3 is 5.97 Å². The molecule has 0 unspecified atom stereocenters. The van der Waals surface area contributed by atoms with Gasteiger partial charge in [0.15, 0.2) is 5.78 Å². The average molecular weight is 291 g/mol. The molecule has 4 nitrogen and oxygen atoms in total. The highest BCUT2D eigenvalue weighted by molar-refractivity contribution is 8.03.